The molecule has 0 spiro atoms. The minimum atomic E-state index is 0.0411. The first-order valence-corrected chi connectivity index (χ1v) is 10.3. The number of carbonyl (C=O) groups excluding carboxylic acids is 2. The summed E-state index contributed by atoms with van der Waals surface area (Å²) in [7, 11) is 0. The Hall–Kier alpha value is -2.47. The Bertz CT molecular complexity index is 1020. The Morgan fingerprint density at radius 2 is 2.15 bits per heavy atom. The van der Waals surface area contributed by atoms with Crippen molar-refractivity contribution in [2.24, 2.45) is 23.7 Å². The number of rotatable bonds is 5. The van der Waals surface area contributed by atoms with Crippen molar-refractivity contribution in [1.82, 2.24) is 9.94 Å². The fraction of sp³-hybridized carbons (Fsp3) is 0.381. The van der Waals surface area contributed by atoms with E-state index >= 15 is 0 Å². The maximum absolute atomic E-state index is 13.4. The predicted molar refractivity (Wildman–Crippen MR) is 104 cm³/mol. The van der Waals surface area contributed by atoms with Gasteiger partial charge in [-0.05, 0) is 66.2 Å². The lowest BCUT2D eigenvalue weighted by molar-refractivity contribution is -0.130. The zero-order chi connectivity index (χ0) is 18.5. The summed E-state index contributed by atoms with van der Waals surface area (Å²) in [5, 5.41) is 7.15. The zero-order valence-electron chi connectivity index (χ0n) is 15.0. The molecule has 27 heavy (non-hydrogen) atoms. The lowest BCUT2D eigenvalue weighted by Gasteiger charge is -2.23. The number of nitrogens with zero attached hydrogens (tertiary/aromatic N) is 2. The Kier molecular flexibility index (Phi) is 3.90. The molecule has 2 saturated carbocycles. The van der Waals surface area contributed by atoms with Crippen LogP contribution in [-0.2, 0) is 4.79 Å². The van der Waals surface area contributed by atoms with Crippen molar-refractivity contribution in [3.8, 4) is 10.4 Å². The average molecular weight is 380 g/mol. The van der Waals surface area contributed by atoms with Crippen LogP contribution >= 0.6 is 11.3 Å². The molecule has 0 amide bonds. The number of benzene rings is 1. The monoisotopic (exact) mass is 380 g/mol. The van der Waals surface area contributed by atoms with Gasteiger partial charge in [0, 0.05) is 16.2 Å². The maximum atomic E-state index is 13.4. The molecule has 0 aliphatic heterocycles. The molecule has 0 saturated heterocycles. The van der Waals surface area contributed by atoms with Gasteiger partial charge in [-0.2, -0.15) is 0 Å². The van der Waals surface area contributed by atoms with E-state index < -0.39 is 0 Å². The van der Waals surface area contributed by atoms with Crippen LogP contribution in [0.15, 0.2) is 35.7 Å². The number of hydrogen-bond acceptors (Lipinski definition) is 5. The van der Waals surface area contributed by atoms with Crippen LogP contribution in [-0.4, -0.2) is 22.2 Å². The largest absolute Gasteiger partial charge is 0.323 e. The molecule has 0 unspecified atom stereocenters. The summed E-state index contributed by atoms with van der Waals surface area (Å²) in [5.74, 6) is 1.97. The van der Waals surface area contributed by atoms with E-state index in [1.807, 2.05) is 29.6 Å². The molecule has 2 aliphatic rings. The number of carbonyl (C=O) groups is 2. The lowest BCUT2D eigenvalue weighted by atomic mass is 9.80. The summed E-state index contributed by atoms with van der Waals surface area (Å²) < 4.78 is 0. The number of fused-ring (bicyclic) bond motifs is 3. The van der Waals surface area contributed by atoms with Crippen LogP contribution in [0.1, 0.15) is 36.7 Å². The van der Waals surface area contributed by atoms with Gasteiger partial charge in [0.2, 0.25) is 0 Å². The van der Waals surface area contributed by atoms with E-state index in [1.165, 1.54) is 4.85 Å². The molecule has 0 radical (unpaired) electrons. The van der Waals surface area contributed by atoms with E-state index in [0.29, 0.717) is 29.5 Å². The van der Waals surface area contributed by atoms with Crippen LogP contribution in [0.4, 0.5) is 0 Å². The standard InChI is InChI=1S/C21H20N2O3S/c1-12-7-15-8-14(12)10-16(15)21(25)20-17-9-13(19-3-2-6-27-19)4-5-18(17)23(22-20)26-11-24/h2-6,9,11-12,14-16H,7-8,10H2,1H3/t12-,14-,15-,16-/m0/s1. The highest BCUT2D eigenvalue weighted by atomic mass is 32.1. The highest BCUT2D eigenvalue weighted by molar-refractivity contribution is 7.13. The van der Waals surface area contributed by atoms with Crippen molar-refractivity contribution in [2.45, 2.75) is 26.2 Å². The lowest BCUT2D eigenvalue weighted by Crippen LogP contribution is -2.24. The van der Waals surface area contributed by atoms with Crippen LogP contribution in [0.3, 0.4) is 0 Å². The van der Waals surface area contributed by atoms with Gasteiger partial charge in [-0.1, -0.05) is 23.9 Å². The summed E-state index contributed by atoms with van der Waals surface area (Å²) in [6.45, 7) is 2.63. The predicted octanol–water partition coefficient (Wildman–Crippen LogP) is 4.21. The third-order valence-electron chi connectivity index (χ3n) is 6.38. The van der Waals surface area contributed by atoms with Gasteiger partial charge >= 0.3 is 6.47 Å². The van der Waals surface area contributed by atoms with Gasteiger partial charge in [0.15, 0.2) is 5.78 Å². The average Bonchev–Trinajstić information content (AvgIpc) is 3.44. The summed E-state index contributed by atoms with van der Waals surface area (Å²) in [4.78, 5) is 31.5. The van der Waals surface area contributed by atoms with Crippen LogP contribution < -0.4 is 4.84 Å². The van der Waals surface area contributed by atoms with Crippen LogP contribution in [0.25, 0.3) is 21.3 Å². The topological polar surface area (TPSA) is 61.2 Å². The Morgan fingerprint density at radius 1 is 1.26 bits per heavy atom. The molecule has 3 aromatic rings. The molecular formula is C21H20N2O3S. The van der Waals surface area contributed by atoms with E-state index in [0.717, 1.165) is 41.0 Å². The molecule has 5 nitrogen and oxygen atoms in total. The molecule has 5 rings (SSSR count). The summed E-state index contributed by atoms with van der Waals surface area (Å²) in [5.41, 5.74) is 2.11. The molecule has 2 aliphatic carbocycles. The molecule has 2 bridgehead atoms. The van der Waals surface area contributed by atoms with E-state index in [1.54, 1.807) is 11.3 Å². The fourth-order valence-corrected chi connectivity index (χ4v) is 5.77. The van der Waals surface area contributed by atoms with E-state index in [2.05, 4.69) is 18.1 Å². The van der Waals surface area contributed by atoms with Crippen LogP contribution in [0.5, 0.6) is 0 Å². The quantitative estimate of drug-likeness (QED) is 0.491. The molecular weight excluding hydrogens is 360 g/mol. The molecule has 4 atom stereocenters. The third kappa shape index (κ3) is 2.62. The van der Waals surface area contributed by atoms with Gasteiger partial charge in [-0.25, -0.2) is 0 Å². The van der Waals surface area contributed by atoms with E-state index in [-0.39, 0.29) is 11.7 Å². The van der Waals surface area contributed by atoms with Crippen LogP contribution in [0.2, 0.25) is 0 Å². The second-order valence-electron chi connectivity index (χ2n) is 7.81. The normalized spacial score (nSPS) is 26.6. The molecule has 138 valence electrons. The van der Waals surface area contributed by atoms with Crippen molar-refractivity contribution in [3.05, 3.63) is 41.4 Å². The van der Waals surface area contributed by atoms with Crippen molar-refractivity contribution in [1.29, 1.82) is 0 Å². The first-order valence-electron chi connectivity index (χ1n) is 9.37. The fourth-order valence-electron chi connectivity index (χ4n) is 5.05. The molecule has 0 N–H and O–H groups in total. The molecule has 2 fully saturated rings. The number of Topliss-reactive ketones (excluding diaryl/α,β-unsaturated/α-hetero) is 1. The van der Waals surface area contributed by atoms with Crippen molar-refractivity contribution in [2.75, 3.05) is 0 Å². The van der Waals surface area contributed by atoms with Gasteiger partial charge in [-0.15, -0.1) is 16.4 Å². The highest BCUT2D eigenvalue weighted by Crippen LogP contribution is 2.52. The number of ketones is 1. The first-order chi connectivity index (χ1) is 13.2. The van der Waals surface area contributed by atoms with Gasteiger partial charge in [0.1, 0.15) is 11.2 Å². The molecule has 6 heteroatoms. The second-order valence-corrected chi connectivity index (χ2v) is 8.76. The summed E-state index contributed by atoms with van der Waals surface area (Å²) in [6.07, 6.45) is 3.24. The minimum absolute atomic E-state index is 0.0411. The number of thiophene rings is 1. The van der Waals surface area contributed by atoms with Gasteiger partial charge in [-0.3, -0.25) is 9.59 Å². The SMILES string of the molecule is C[C@H]1C[C@H]2C[C@H]1C[C@@H]2C(=O)c1nn(OC=O)c2ccc(-c3cccs3)cc12. The van der Waals surface area contributed by atoms with Crippen molar-refractivity contribution >= 4 is 34.5 Å². The molecule has 2 aromatic heterocycles. The van der Waals surface area contributed by atoms with E-state index in [9.17, 15) is 9.59 Å². The van der Waals surface area contributed by atoms with E-state index in [4.69, 9.17) is 4.84 Å². The second kappa shape index (κ2) is 6.30. The highest BCUT2D eigenvalue weighted by Gasteiger charge is 2.47. The maximum Gasteiger partial charge on any atom is 0.323 e. The molecule has 1 aromatic carbocycles. The van der Waals surface area contributed by atoms with Crippen LogP contribution in [0, 0.1) is 23.7 Å². The number of aromatic nitrogens is 2. The Morgan fingerprint density at radius 3 is 2.81 bits per heavy atom. The first kappa shape index (κ1) is 16.7. The van der Waals surface area contributed by atoms with Gasteiger partial charge in [0.05, 0.1) is 0 Å². The van der Waals surface area contributed by atoms with Gasteiger partial charge in [0.25, 0.3) is 0 Å². The minimum Gasteiger partial charge on any atom is -0.322 e. The van der Waals surface area contributed by atoms with Gasteiger partial charge < -0.3 is 4.84 Å². The Labute approximate surface area is 160 Å². The van der Waals surface area contributed by atoms with Crippen molar-refractivity contribution in [3.63, 3.8) is 0 Å². The molecule has 2 heterocycles. The summed E-state index contributed by atoms with van der Waals surface area (Å²) >= 11 is 1.65. The number of hydrogen-bond donors (Lipinski definition) is 0. The zero-order valence-corrected chi connectivity index (χ0v) is 15.8. The smallest absolute Gasteiger partial charge is 0.322 e. The Balaban J connectivity index is 1.59. The summed E-state index contributed by atoms with van der Waals surface area (Å²) in [6, 6.07) is 9.87. The third-order valence-corrected chi connectivity index (χ3v) is 7.30. The van der Waals surface area contributed by atoms with Crippen molar-refractivity contribution < 1.29 is 14.4 Å².